The molecule has 162 valence electrons. The second-order valence-corrected chi connectivity index (χ2v) is 8.83. The normalized spacial score (nSPS) is 18.5. The van der Waals surface area contributed by atoms with Crippen molar-refractivity contribution in [2.45, 2.75) is 31.1 Å². The van der Waals surface area contributed by atoms with Crippen molar-refractivity contribution in [3.8, 4) is 11.5 Å². The lowest BCUT2D eigenvalue weighted by Gasteiger charge is -2.22. The van der Waals surface area contributed by atoms with Gasteiger partial charge in [-0.15, -0.1) is 0 Å². The molecule has 0 amide bonds. The van der Waals surface area contributed by atoms with Gasteiger partial charge in [0.1, 0.15) is 11.6 Å². The van der Waals surface area contributed by atoms with Crippen molar-refractivity contribution in [1.82, 2.24) is 9.97 Å². The number of anilines is 2. The van der Waals surface area contributed by atoms with Gasteiger partial charge in [0.05, 0.1) is 19.7 Å². The van der Waals surface area contributed by atoms with Crippen molar-refractivity contribution in [2.75, 3.05) is 51.2 Å². The standard InChI is InChI=1S/C25H30N4O2/c1-28(2)19-7-5-6-17(12-19)18-10-11-29(15-18)25-20-13-22(30-3)23(31-4)14-21(20)26-24(27-25)16-8-9-16/h5-7,12-14,16,18H,8-11,15H2,1-4H3. The van der Waals surface area contributed by atoms with Crippen LogP contribution in [0.4, 0.5) is 11.5 Å². The Bertz CT molecular complexity index is 1110. The summed E-state index contributed by atoms with van der Waals surface area (Å²) in [6, 6.07) is 12.9. The summed E-state index contributed by atoms with van der Waals surface area (Å²) in [4.78, 5) is 14.5. The Morgan fingerprint density at radius 3 is 2.42 bits per heavy atom. The Labute approximate surface area is 183 Å². The zero-order chi connectivity index (χ0) is 21.5. The first-order valence-corrected chi connectivity index (χ1v) is 11.0. The highest BCUT2D eigenvalue weighted by Gasteiger charge is 2.31. The van der Waals surface area contributed by atoms with Crippen molar-refractivity contribution in [1.29, 1.82) is 0 Å². The summed E-state index contributed by atoms with van der Waals surface area (Å²) in [5, 5.41) is 1.03. The van der Waals surface area contributed by atoms with E-state index in [4.69, 9.17) is 19.4 Å². The van der Waals surface area contributed by atoms with Crippen LogP contribution in [0.15, 0.2) is 36.4 Å². The Balaban J connectivity index is 1.52. The molecule has 31 heavy (non-hydrogen) atoms. The third kappa shape index (κ3) is 3.75. The van der Waals surface area contributed by atoms with E-state index >= 15 is 0 Å². The van der Waals surface area contributed by atoms with Crippen molar-refractivity contribution < 1.29 is 9.47 Å². The van der Waals surface area contributed by atoms with E-state index in [0.717, 1.165) is 42.1 Å². The minimum absolute atomic E-state index is 0.492. The molecule has 1 atom stereocenters. The van der Waals surface area contributed by atoms with Crippen LogP contribution >= 0.6 is 0 Å². The van der Waals surface area contributed by atoms with Gasteiger partial charge in [0.25, 0.3) is 0 Å². The van der Waals surface area contributed by atoms with Crippen LogP contribution in [0, 0.1) is 0 Å². The second-order valence-electron chi connectivity index (χ2n) is 8.83. The molecule has 1 saturated heterocycles. The van der Waals surface area contributed by atoms with Crippen LogP contribution in [0.2, 0.25) is 0 Å². The SMILES string of the molecule is COc1cc2nc(C3CC3)nc(N3CCC(c4cccc(N(C)C)c4)C3)c2cc1OC. The lowest BCUT2D eigenvalue weighted by molar-refractivity contribution is 0.355. The maximum Gasteiger partial charge on any atom is 0.162 e. The highest BCUT2D eigenvalue weighted by molar-refractivity contribution is 5.92. The predicted octanol–water partition coefficient (Wildman–Crippen LogP) is 4.58. The quantitative estimate of drug-likeness (QED) is 0.584. The summed E-state index contributed by atoms with van der Waals surface area (Å²) >= 11 is 0. The fourth-order valence-electron chi connectivity index (χ4n) is 4.50. The molecule has 0 N–H and O–H groups in total. The number of hydrogen-bond acceptors (Lipinski definition) is 6. The Kier molecular flexibility index (Phi) is 5.08. The molecule has 3 aromatic rings. The largest absolute Gasteiger partial charge is 0.493 e. The van der Waals surface area contributed by atoms with Gasteiger partial charge in [-0.05, 0) is 43.0 Å². The van der Waals surface area contributed by atoms with Gasteiger partial charge in [0, 0.05) is 56.2 Å². The van der Waals surface area contributed by atoms with E-state index in [-0.39, 0.29) is 0 Å². The lowest BCUT2D eigenvalue weighted by atomic mass is 9.98. The average Bonchev–Trinajstić information content (AvgIpc) is 3.53. The lowest BCUT2D eigenvalue weighted by Crippen LogP contribution is -2.21. The monoisotopic (exact) mass is 418 g/mol. The van der Waals surface area contributed by atoms with E-state index in [0.29, 0.717) is 23.3 Å². The van der Waals surface area contributed by atoms with Crippen molar-refractivity contribution in [2.24, 2.45) is 0 Å². The molecular formula is C25H30N4O2. The van der Waals surface area contributed by atoms with Crippen LogP contribution in [-0.2, 0) is 0 Å². The fourth-order valence-corrected chi connectivity index (χ4v) is 4.50. The Morgan fingerprint density at radius 1 is 0.935 bits per heavy atom. The predicted molar refractivity (Wildman–Crippen MR) is 125 cm³/mol. The van der Waals surface area contributed by atoms with E-state index in [1.165, 1.54) is 24.1 Å². The van der Waals surface area contributed by atoms with Crippen LogP contribution in [0.3, 0.4) is 0 Å². The summed E-state index contributed by atoms with van der Waals surface area (Å²) in [6.45, 7) is 1.95. The molecule has 2 aliphatic rings. The molecular weight excluding hydrogens is 388 g/mol. The number of aromatic nitrogens is 2. The van der Waals surface area contributed by atoms with E-state index in [1.807, 2.05) is 12.1 Å². The van der Waals surface area contributed by atoms with Crippen molar-refractivity contribution >= 4 is 22.4 Å². The van der Waals surface area contributed by atoms with E-state index in [2.05, 4.69) is 48.2 Å². The van der Waals surface area contributed by atoms with Crippen LogP contribution in [-0.4, -0.2) is 51.4 Å². The number of methoxy groups -OCH3 is 2. The molecule has 2 heterocycles. The maximum absolute atomic E-state index is 5.57. The van der Waals surface area contributed by atoms with Crippen molar-refractivity contribution in [3.05, 3.63) is 47.8 Å². The minimum atomic E-state index is 0.492. The van der Waals surface area contributed by atoms with E-state index in [9.17, 15) is 0 Å². The number of ether oxygens (including phenoxy) is 2. The molecule has 0 radical (unpaired) electrons. The number of benzene rings is 2. The van der Waals surface area contributed by atoms with Gasteiger partial charge in [0.2, 0.25) is 0 Å². The summed E-state index contributed by atoms with van der Waals surface area (Å²) in [5.74, 6) is 4.40. The molecule has 2 aromatic carbocycles. The number of nitrogens with zero attached hydrogens (tertiary/aromatic N) is 4. The summed E-state index contributed by atoms with van der Waals surface area (Å²) in [6.07, 6.45) is 3.48. The first kappa shape index (κ1) is 19.9. The zero-order valence-corrected chi connectivity index (χ0v) is 18.8. The van der Waals surface area contributed by atoms with E-state index < -0.39 is 0 Å². The van der Waals surface area contributed by atoms with Gasteiger partial charge < -0.3 is 19.3 Å². The molecule has 1 unspecified atom stereocenters. The highest BCUT2D eigenvalue weighted by Crippen LogP contribution is 2.43. The molecule has 6 nitrogen and oxygen atoms in total. The minimum Gasteiger partial charge on any atom is -0.493 e. The third-order valence-electron chi connectivity index (χ3n) is 6.49. The van der Waals surface area contributed by atoms with Gasteiger partial charge in [-0.2, -0.15) is 0 Å². The van der Waals surface area contributed by atoms with Gasteiger partial charge in [-0.1, -0.05) is 12.1 Å². The molecule has 6 heteroatoms. The molecule has 1 aromatic heterocycles. The number of hydrogen-bond donors (Lipinski definition) is 0. The van der Waals surface area contributed by atoms with Crippen LogP contribution < -0.4 is 19.3 Å². The van der Waals surface area contributed by atoms with Gasteiger partial charge >= 0.3 is 0 Å². The van der Waals surface area contributed by atoms with Crippen LogP contribution in [0.25, 0.3) is 10.9 Å². The third-order valence-corrected chi connectivity index (χ3v) is 6.49. The van der Waals surface area contributed by atoms with Gasteiger partial charge in [-0.3, -0.25) is 0 Å². The highest BCUT2D eigenvalue weighted by atomic mass is 16.5. The van der Waals surface area contributed by atoms with Crippen LogP contribution in [0.5, 0.6) is 11.5 Å². The van der Waals surface area contributed by atoms with Gasteiger partial charge in [0.15, 0.2) is 11.5 Å². The fraction of sp³-hybridized carbons (Fsp3) is 0.440. The average molecular weight is 419 g/mol. The molecule has 2 fully saturated rings. The molecule has 0 bridgehead atoms. The summed E-state index contributed by atoms with van der Waals surface area (Å²) in [7, 11) is 7.52. The number of fused-ring (bicyclic) bond motifs is 1. The molecule has 1 saturated carbocycles. The van der Waals surface area contributed by atoms with Crippen molar-refractivity contribution in [3.63, 3.8) is 0 Å². The first-order chi connectivity index (χ1) is 15.1. The smallest absolute Gasteiger partial charge is 0.162 e. The topological polar surface area (TPSA) is 50.7 Å². The molecule has 0 spiro atoms. The first-order valence-electron chi connectivity index (χ1n) is 11.0. The molecule has 1 aliphatic heterocycles. The molecule has 1 aliphatic carbocycles. The zero-order valence-electron chi connectivity index (χ0n) is 18.8. The Morgan fingerprint density at radius 2 is 1.71 bits per heavy atom. The van der Waals surface area contributed by atoms with Crippen LogP contribution in [0.1, 0.15) is 42.5 Å². The summed E-state index contributed by atoms with van der Waals surface area (Å²) in [5.41, 5.74) is 3.58. The summed E-state index contributed by atoms with van der Waals surface area (Å²) < 4.78 is 11.1. The Hall–Kier alpha value is -3.02. The second kappa shape index (κ2) is 7.91. The molecule has 5 rings (SSSR count). The van der Waals surface area contributed by atoms with Gasteiger partial charge in [-0.25, -0.2) is 9.97 Å². The maximum atomic E-state index is 5.57. The number of rotatable bonds is 6. The van der Waals surface area contributed by atoms with E-state index in [1.54, 1.807) is 14.2 Å².